The van der Waals surface area contributed by atoms with Crippen LogP contribution in [0.5, 0.6) is 0 Å². The van der Waals surface area contributed by atoms with Gasteiger partial charge < -0.3 is 4.74 Å². The normalized spacial score (nSPS) is 10.2. The summed E-state index contributed by atoms with van der Waals surface area (Å²) in [6.45, 7) is 1.22. The minimum Gasteiger partial charge on any atom is -0.454 e. The van der Waals surface area contributed by atoms with E-state index in [4.69, 9.17) is 16.3 Å². The minimum absolute atomic E-state index is 0.236. The van der Waals surface area contributed by atoms with Crippen LogP contribution in [-0.4, -0.2) is 18.4 Å². The summed E-state index contributed by atoms with van der Waals surface area (Å²) < 4.78 is 17.9. The number of aryl methyl sites for hydroxylation is 1. The van der Waals surface area contributed by atoms with Crippen molar-refractivity contribution in [3.05, 3.63) is 70.0 Å². The molecule has 0 saturated heterocycles. The second kappa shape index (κ2) is 6.50. The molecule has 3 nitrogen and oxygen atoms in total. The van der Waals surface area contributed by atoms with E-state index in [1.807, 2.05) is 0 Å². The zero-order valence-electron chi connectivity index (χ0n) is 11.2. The topological polar surface area (TPSA) is 43.4 Å². The second-order valence-electron chi connectivity index (χ2n) is 4.47. The molecule has 0 radical (unpaired) electrons. The van der Waals surface area contributed by atoms with Gasteiger partial charge in [-0.15, -0.1) is 0 Å². The number of benzene rings is 2. The number of carbonyl (C=O) groups is 2. The van der Waals surface area contributed by atoms with Gasteiger partial charge in [-0.25, -0.2) is 9.18 Å². The Balaban J connectivity index is 2.00. The highest BCUT2D eigenvalue weighted by Gasteiger charge is 2.14. The largest absolute Gasteiger partial charge is 0.454 e. The van der Waals surface area contributed by atoms with Crippen molar-refractivity contribution < 1.29 is 18.7 Å². The SMILES string of the molecule is Cc1cc(F)ccc1C(=O)OCC(=O)c1ccc(Cl)cc1. The minimum atomic E-state index is -0.658. The van der Waals surface area contributed by atoms with Crippen molar-refractivity contribution >= 4 is 23.4 Å². The van der Waals surface area contributed by atoms with Crippen LogP contribution in [0.3, 0.4) is 0 Å². The van der Waals surface area contributed by atoms with Crippen molar-refractivity contribution in [1.29, 1.82) is 0 Å². The Kier molecular flexibility index (Phi) is 4.70. The van der Waals surface area contributed by atoms with Gasteiger partial charge in [0.15, 0.2) is 12.4 Å². The Morgan fingerprint density at radius 3 is 2.43 bits per heavy atom. The van der Waals surface area contributed by atoms with E-state index in [2.05, 4.69) is 0 Å². The molecule has 5 heteroatoms. The number of hydrogen-bond donors (Lipinski definition) is 0. The maximum absolute atomic E-state index is 13.0. The summed E-state index contributed by atoms with van der Waals surface area (Å²) in [6.07, 6.45) is 0. The summed E-state index contributed by atoms with van der Waals surface area (Å²) in [4.78, 5) is 23.7. The van der Waals surface area contributed by atoms with Gasteiger partial charge in [0, 0.05) is 10.6 Å². The third-order valence-corrected chi connectivity index (χ3v) is 3.16. The monoisotopic (exact) mass is 306 g/mol. The van der Waals surface area contributed by atoms with Crippen LogP contribution in [0.15, 0.2) is 42.5 Å². The Morgan fingerprint density at radius 2 is 1.81 bits per heavy atom. The van der Waals surface area contributed by atoms with Gasteiger partial charge >= 0.3 is 5.97 Å². The summed E-state index contributed by atoms with van der Waals surface area (Å²) >= 11 is 5.73. The summed E-state index contributed by atoms with van der Waals surface area (Å²) in [6, 6.07) is 10.0. The van der Waals surface area contributed by atoms with Gasteiger partial charge in [0.25, 0.3) is 0 Å². The summed E-state index contributed by atoms with van der Waals surface area (Å²) in [5.74, 6) is -1.42. The van der Waals surface area contributed by atoms with Gasteiger partial charge in [-0.1, -0.05) is 11.6 Å². The molecule has 0 heterocycles. The van der Waals surface area contributed by atoms with Gasteiger partial charge in [-0.2, -0.15) is 0 Å². The molecule has 0 aliphatic carbocycles. The van der Waals surface area contributed by atoms with Crippen LogP contribution in [0.4, 0.5) is 4.39 Å². The smallest absolute Gasteiger partial charge is 0.338 e. The van der Waals surface area contributed by atoms with Gasteiger partial charge in [0.1, 0.15) is 5.82 Å². The van der Waals surface area contributed by atoms with Gasteiger partial charge in [-0.05, 0) is 55.0 Å². The predicted molar refractivity (Wildman–Crippen MR) is 77.2 cm³/mol. The highest BCUT2D eigenvalue weighted by Crippen LogP contribution is 2.13. The zero-order chi connectivity index (χ0) is 15.4. The molecule has 108 valence electrons. The van der Waals surface area contributed by atoms with Crippen molar-refractivity contribution in [2.45, 2.75) is 6.92 Å². The fraction of sp³-hybridized carbons (Fsp3) is 0.125. The van der Waals surface area contributed by atoms with Crippen molar-refractivity contribution in [1.82, 2.24) is 0 Å². The van der Waals surface area contributed by atoms with Crippen LogP contribution < -0.4 is 0 Å². The number of ketones is 1. The first-order valence-electron chi connectivity index (χ1n) is 6.19. The van der Waals surface area contributed by atoms with Crippen LogP contribution >= 0.6 is 11.6 Å². The molecule has 0 unspecified atom stereocenters. The molecule has 0 bridgehead atoms. The van der Waals surface area contributed by atoms with Crippen molar-refractivity contribution in [2.75, 3.05) is 6.61 Å². The van der Waals surface area contributed by atoms with E-state index in [1.165, 1.54) is 18.2 Å². The summed E-state index contributed by atoms with van der Waals surface area (Å²) in [7, 11) is 0. The lowest BCUT2D eigenvalue weighted by Gasteiger charge is -2.07. The first kappa shape index (κ1) is 15.2. The molecule has 0 saturated carbocycles. The highest BCUT2D eigenvalue weighted by atomic mass is 35.5. The first-order chi connectivity index (χ1) is 9.97. The number of esters is 1. The molecular formula is C16H12ClFO3. The number of hydrogen-bond acceptors (Lipinski definition) is 3. The molecular weight excluding hydrogens is 295 g/mol. The van der Waals surface area contributed by atoms with Crippen LogP contribution in [0.1, 0.15) is 26.3 Å². The number of Topliss-reactive ketones (excluding diaryl/α,β-unsaturated/α-hetero) is 1. The molecule has 0 fully saturated rings. The van der Waals surface area contributed by atoms with Crippen molar-refractivity contribution in [3.63, 3.8) is 0 Å². The van der Waals surface area contributed by atoms with E-state index in [0.717, 1.165) is 0 Å². The standard InChI is InChI=1S/C16H12ClFO3/c1-10-8-13(18)6-7-14(10)16(20)21-9-15(19)11-2-4-12(17)5-3-11/h2-8H,9H2,1H3. The third-order valence-electron chi connectivity index (χ3n) is 2.91. The van der Waals surface area contributed by atoms with E-state index >= 15 is 0 Å². The lowest BCUT2D eigenvalue weighted by molar-refractivity contribution is 0.0474. The molecule has 0 atom stereocenters. The van der Waals surface area contributed by atoms with Crippen LogP contribution in [0.2, 0.25) is 5.02 Å². The average Bonchev–Trinajstić information content (AvgIpc) is 2.45. The molecule has 0 aliphatic rings. The van der Waals surface area contributed by atoms with Crippen LogP contribution in [-0.2, 0) is 4.74 Å². The molecule has 2 rings (SSSR count). The van der Waals surface area contributed by atoms with E-state index in [1.54, 1.807) is 31.2 Å². The lowest BCUT2D eigenvalue weighted by Crippen LogP contribution is -2.15. The molecule has 2 aromatic rings. The van der Waals surface area contributed by atoms with E-state index in [0.29, 0.717) is 16.1 Å². The van der Waals surface area contributed by atoms with Gasteiger partial charge in [0.2, 0.25) is 0 Å². The van der Waals surface area contributed by atoms with Crippen LogP contribution in [0, 0.1) is 12.7 Å². The van der Waals surface area contributed by atoms with E-state index in [-0.39, 0.29) is 18.0 Å². The molecule has 0 N–H and O–H groups in total. The first-order valence-corrected chi connectivity index (χ1v) is 6.57. The number of rotatable bonds is 4. The Bertz CT molecular complexity index is 680. The summed E-state index contributed by atoms with van der Waals surface area (Å²) in [5.41, 5.74) is 1.10. The lowest BCUT2D eigenvalue weighted by atomic mass is 10.1. The average molecular weight is 307 g/mol. The quantitative estimate of drug-likeness (QED) is 0.637. The molecule has 21 heavy (non-hydrogen) atoms. The Hall–Kier alpha value is -2.20. The Labute approximate surface area is 126 Å². The number of ether oxygens (including phenoxy) is 1. The highest BCUT2D eigenvalue weighted by molar-refractivity contribution is 6.30. The van der Waals surface area contributed by atoms with Crippen molar-refractivity contribution in [3.8, 4) is 0 Å². The third kappa shape index (κ3) is 3.89. The second-order valence-corrected chi connectivity index (χ2v) is 4.90. The fourth-order valence-corrected chi connectivity index (χ4v) is 1.91. The summed E-state index contributed by atoms with van der Waals surface area (Å²) in [5, 5.41) is 0.519. The molecule has 2 aromatic carbocycles. The predicted octanol–water partition coefficient (Wildman–Crippen LogP) is 3.83. The maximum Gasteiger partial charge on any atom is 0.338 e. The zero-order valence-corrected chi connectivity index (χ0v) is 12.0. The number of carbonyl (C=O) groups excluding carboxylic acids is 2. The number of halogens is 2. The van der Waals surface area contributed by atoms with E-state index < -0.39 is 11.8 Å². The Morgan fingerprint density at radius 1 is 1.14 bits per heavy atom. The van der Waals surface area contributed by atoms with Crippen molar-refractivity contribution in [2.24, 2.45) is 0 Å². The van der Waals surface area contributed by atoms with Gasteiger partial charge in [0.05, 0.1) is 5.56 Å². The van der Waals surface area contributed by atoms with Crippen LogP contribution in [0.25, 0.3) is 0 Å². The molecule has 0 aromatic heterocycles. The molecule has 0 spiro atoms. The molecule has 0 aliphatic heterocycles. The molecule has 0 amide bonds. The fourth-order valence-electron chi connectivity index (χ4n) is 1.78. The maximum atomic E-state index is 13.0. The van der Waals surface area contributed by atoms with Gasteiger partial charge in [-0.3, -0.25) is 4.79 Å². The van der Waals surface area contributed by atoms with E-state index in [9.17, 15) is 14.0 Å².